The number of aliphatic hydroxyl groups excluding tert-OH is 1. The van der Waals surface area contributed by atoms with Crippen LogP contribution >= 0.6 is 0 Å². The SMILES string of the molecule is CC(O)CNCCc1ccc2c(c1)NCC(C)O2. The highest BCUT2D eigenvalue weighted by molar-refractivity contribution is 5.59. The first-order chi connectivity index (χ1) is 8.65. The van der Waals surface area contributed by atoms with Gasteiger partial charge in [0.2, 0.25) is 0 Å². The van der Waals surface area contributed by atoms with Crippen molar-refractivity contribution < 1.29 is 9.84 Å². The number of nitrogens with one attached hydrogen (secondary N) is 2. The van der Waals surface area contributed by atoms with Gasteiger partial charge in [-0.1, -0.05) is 6.07 Å². The summed E-state index contributed by atoms with van der Waals surface area (Å²) in [4.78, 5) is 0. The Balaban J connectivity index is 1.87. The minimum absolute atomic E-state index is 0.232. The van der Waals surface area contributed by atoms with Crippen LogP contribution in [0.4, 0.5) is 5.69 Å². The van der Waals surface area contributed by atoms with Crippen molar-refractivity contribution in [2.24, 2.45) is 0 Å². The molecule has 0 saturated heterocycles. The minimum Gasteiger partial charge on any atom is -0.487 e. The number of anilines is 1. The zero-order valence-corrected chi connectivity index (χ0v) is 11.1. The standard InChI is InChI=1S/C14H22N2O2/c1-10(17)8-15-6-5-12-3-4-14-13(7-12)16-9-11(2)18-14/h3-4,7,10-11,15-17H,5-6,8-9H2,1-2H3. The topological polar surface area (TPSA) is 53.5 Å². The highest BCUT2D eigenvalue weighted by Gasteiger charge is 2.15. The molecule has 4 nitrogen and oxygen atoms in total. The molecule has 0 spiro atoms. The fourth-order valence-electron chi connectivity index (χ4n) is 2.03. The van der Waals surface area contributed by atoms with Gasteiger partial charge in [-0.2, -0.15) is 0 Å². The fourth-order valence-corrected chi connectivity index (χ4v) is 2.03. The van der Waals surface area contributed by atoms with Gasteiger partial charge in [0, 0.05) is 6.54 Å². The highest BCUT2D eigenvalue weighted by Crippen LogP contribution is 2.29. The lowest BCUT2D eigenvalue weighted by Gasteiger charge is -2.25. The molecule has 4 heteroatoms. The molecule has 18 heavy (non-hydrogen) atoms. The lowest BCUT2D eigenvalue weighted by molar-refractivity contribution is 0.191. The van der Waals surface area contributed by atoms with Gasteiger partial charge in [0.15, 0.2) is 0 Å². The van der Waals surface area contributed by atoms with Gasteiger partial charge in [0.1, 0.15) is 11.9 Å². The molecule has 1 aliphatic rings. The molecule has 0 saturated carbocycles. The summed E-state index contributed by atoms with van der Waals surface area (Å²) in [7, 11) is 0. The molecule has 0 fully saturated rings. The Morgan fingerprint density at radius 2 is 2.39 bits per heavy atom. The van der Waals surface area contributed by atoms with Crippen LogP contribution < -0.4 is 15.4 Å². The van der Waals surface area contributed by atoms with Crippen LogP contribution in [-0.2, 0) is 6.42 Å². The maximum Gasteiger partial charge on any atom is 0.142 e. The van der Waals surface area contributed by atoms with E-state index >= 15 is 0 Å². The van der Waals surface area contributed by atoms with Crippen molar-refractivity contribution in [3.63, 3.8) is 0 Å². The number of aliphatic hydroxyl groups is 1. The van der Waals surface area contributed by atoms with E-state index in [2.05, 4.69) is 29.7 Å². The number of benzene rings is 1. The van der Waals surface area contributed by atoms with Crippen molar-refractivity contribution >= 4 is 5.69 Å². The number of ether oxygens (including phenoxy) is 1. The maximum atomic E-state index is 9.14. The first-order valence-electron chi connectivity index (χ1n) is 6.57. The summed E-state index contributed by atoms with van der Waals surface area (Å²) in [5.41, 5.74) is 2.36. The molecule has 1 aromatic rings. The first kappa shape index (κ1) is 13.2. The number of rotatable bonds is 5. The quantitative estimate of drug-likeness (QED) is 0.691. The molecule has 1 heterocycles. The Hall–Kier alpha value is -1.26. The Morgan fingerprint density at radius 1 is 1.56 bits per heavy atom. The van der Waals surface area contributed by atoms with E-state index in [1.165, 1.54) is 5.56 Å². The van der Waals surface area contributed by atoms with E-state index in [4.69, 9.17) is 9.84 Å². The molecule has 0 amide bonds. The molecule has 2 unspecified atom stereocenters. The zero-order valence-electron chi connectivity index (χ0n) is 11.1. The van der Waals surface area contributed by atoms with Crippen molar-refractivity contribution in [2.45, 2.75) is 32.5 Å². The third kappa shape index (κ3) is 3.62. The summed E-state index contributed by atoms with van der Waals surface area (Å²) in [6.45, 7) is 6.22. The van der Waals surface area contributed by atoms with E-state index in [1.807, 2.05) is 6.07 Å². The van der Waals surface area contributed by atoms with Crippen molar-refractivity contribution in [1.29, 1.82) is 0 Å². The second-order valence-electron chi connectivity index (χ2n) is 4.94. The molecular formula is C14H22N2O2. The normalized spacial score (nSPS) is 19.6. The highest BCUT2D eigenvalue weighted by atomic mass is 16.5. The molecule has 2 rings (SSSR count). The summed E-state index contributed by atoms with van der Waals surface area (Å²) >= 11 is 0. The third-order valence-electron chi connectivity index (χ3n) is 2.98. The van der Waals surface area contributed by atoms with Gasteiger partial charge in [0.25, 0.3) is 0 Å². The van der Waals surface area contributed by atoms with Gasteiger partial charge in [-0.15, -0.1) is 0 Å². The van der Waals surface area contributed by atoms with Crippen LogP contribution in [0.25, 0.3) is 0 Å². The second-order valence-corrected chi connectivity index (χ2v) is 4.94. The molecule has 100 valence electrons. The Labute approximate surface area is 108 Å². The summed E-state index contributed by atoms with van der Waals surface area (Å²) in [6.07, 6.45) is 0.901. The summed E-state index contributed by atoms with van der Waals surface area (Å²) in [6, 6.07) is 6.27. The molecular weight excluding hydrogens is 228 g/mol. The van der Waals surface area contributed by atoms with E-state index in [0.717, 1.165) is 30.9 Å². The van der Waals surface area contributed by atoms with Crippen LogP contribution in [0.15, 0.2) is 18.2 Å². The van der Waals surface area contributed by atoms with Crippen LogP contribution in [0.3, 0.4) is 0 Å². The van der Waals surface area contributed by atoms with Crippen molar-refractivity contribution in [1.82, 2.24) is 5.32 Å². The predicted molar refractivity (Wildman–Crippen MR) is 73.3 cm³/mol. The predicted octanol–water partition coefficient (Wildman–Crippen LogP) is 1.39. The lowest BCUT2D eigenvalue weighted by atomic mass is 10.1. The largest absolute Gasteiger partial charge is 0.487 e. The van der Waals surface area contributed by atoms with Crippen LogP contribution in [0.2, 0.25) is 0 Å². The molecule has 2 atom stereocenters. The monoisotopic (exact) mass is 250 g/mol. The molecule has 0 aliphatic carbocycles. The van der Waals surface area contributed by atoms with Gasteiger partial charge in [-0.05, 0) is 44.5 Å². The van der Waals surface area contributed by atoms with Gasteiger partial charge < -0.3 is 20.5 Å². The van der Waals surface area contributed by atoms with E-state index in [9.17, 15) is 0 Å². The Morgan fingerprint density at radius 3 is 3.17 bits per heavy atom. The van der Waals surface area contributed by atoms with Gasteiger partial charge in [-0.3, -0.25) is 0 Å². The average molecular weight is 250 g/mol. The van der Waals surface area contributed by atoms with E-state index < -0.39 is 0 Å². The maximum absolute atomic E-state index is 9.14. The molecule has 0 radical (unpaired) electrons. The number of hydrogen-bond acceptors (Lipinski definition) is 4. The van der Waals surface area contributed by atoms with Crippen LogP contribution in [0.5, 0.6) is 5.75 Å². The van der Waals surface area contributed by atoms with Crippen molar-refractivity contribution in [2.75, 3.05) is 25.0 Å². The third-order valence-corrected chi connectivity index (χ3v) is 2.98. The van der Waals surface area contributed by atoms with Gasteiger partial charge in [-0.25, -0.2) is 0 Å². The van der Waals surface area contributed by atoms with E-state index in [1.54, 1.807) is 6.92 Å². The van der Waals surface area contributed by atoms with Crippen LogP contribution in [0, 0.1) is 0 Å². The molecule has 1 aromatic carbocycles. The van der Waals surface area contributed by atoms with Gasteiger partial charge >= 0.3 is 0 Å². The zero-order chi connectivity index (χ0) is 13.0. The van der Waals surface area contributed by atoms with Crippen LogP contribution in [-0.4, -0.2) is 36.9 Å². The fraction of sp³-hybridized carbons (Fsp3) is 0.571. The first-order valence-corrected chi connectivity index (χ1v) is 6.57. The lowest BCUT2D eigenvalue weighted by Crippen LogP contribution is -2.28. The second kappa shape index (κ2) is 6.07. The van der Waals surface area contributed by atoms with Crippen molar-refractivity contribution in [3.05, 3.63) is 23.8 Å². The summed E-state index contributed by atoms with van der Waals surface area (Å²) < 4.78 is 5.73. The van der Waals surface area contributed by atoms with Crippen molar-refractivity contribution in [3.8, 4) is 5.75 Å². The summed E-state index contributed by atoms with van der Waals surface area (Å²) in [5.74, 6) is 0.939. The Bertz CT molecular complexity index is 393. The summed E-state index contributed by atoms with van der Waals surface area (Å²) in [5, 5.41) is 15.7. The number of hydrogen-bond donors (Lipinski definition) is 3. The Kier molecular flexibility index (Phi) is 4.44. The van der Waals surface area contributed by atoms with E-state index in [-0.39, 0.29) is 12.2 Å². The molecule has 3 N–H and O–H groups in total. The number of fused-ring (bicyclic) bond motifs is 1. The van der Waals surface area contributed by atoms with E-state index in [0.29, 0.717) is 6.54 Å². The molecule has 0 bridgehead atoms. The molecule has 0 aromatic heterocycles. The average Bonchev–Trinajstić information content (AvgIpc) is 2.34. The minimum atomic E-state index is -0.287. The van der Waals surface area contributed by atoms with Gasteiger partial charge in [0.05, 0.1) is 18.3 Å². The molecule has 1 aliphatic heterocycles. The van der Waals surface area contributed by atoms with Crippen LogP contribution in [0.1, 0.15) is 19.4 Å². The smallest absolute Gasteiger partial charge is 0.142 e.